The Morgan fingerprint density at radius 1 is 1.10 bits per heavy atom. The summed E-state index contributed by atoms with van der Waals surface area (Å²) in [6, 6.07) is -1.10. The van der Waals surface area contributed by atoms with Crippen LogP contribution >= 0.6 is 0 Å². The third kappa shape index (κ3) is 9.55. The molecule has 12 heteroatoms. The Bertz CT molecular complexity index is 1210. The Labute approximate surface area is 252 Å². The van der Waals surface area contributed by atoms with Gasteiger partial charge in [-0.2, -0.15) is 0 Å². The number of ether oxygens (including phenoxy) is 3. The monoisotopic (exact) mass is 611 g/mol. The van der Waals surface area contributed by atoms with Crippen LogP contribution in [0.25, 0.3) is 0 Å². The van der Waals surface area contributed by atoms with Crippen molar-refractivity contribution in [3.05, 3.63) is 22.3 Å². The van der Waals surface area contributed by atoms with Crippen LogP contribution in [0.15, 0.2) is 9.89 Å². The number of aliphatic imine (C=N–C) groups is 1. The molecule has 6 N–H and O–H groups in total. The second-order valence-electron chi connectivity index (χ2n) is 12.0. The first kappa shape index (κ1) is 35.8. The van der Waals surface area contributed by atoms with Gasteiger partial charge in [-0.15, -0.1) is 0 Å². The highest BCUT2D eigenvalue weighted by molar-refractivity contribution is 7.90. The van der Waals surface area contributed by atoms with Gasteiger partial charge >= 0.3 is 0 Å². The third-order valence-corrected chi connectivity index (χ3v) is 9.14. The number of fused-ring (bicyclic) bond motifs is 1. The van der Waals surface area contributed by atoms with E-state index in [1.807, 2.05) is 34.6 Å². The summed E-state index contributed by atoms with van der Waals surface area (Å²) in [7, 11) is -3.99. The van der Waals surface area contributed by atoms with E-state index in [1.165, 1.54) is 0 Å². The minimum Gasteiger partial charge on any atom is -0.487 e. The van der Waals surface area contributed by atoms with Crippen LogP contribution in [0.5, 0.6) is 5.75 Å². The van der Waals surface area contributed by atoms with Crippen molar-refractivity contribution in [3.8, 4) is 5.75 Å². The Morgan fingerprint density at radius 3 is 2.29 bits per heavy atom. The van der Waals surface area contributed by atoms with Gasteiger partial charge in [0.05, 0.1) is 17.0 Å². The van der Waals surface area contributed by atoms with Crippen LogP contribution in [0, 0.1) is 26.7 Å². The summed E-state index contributed by atoms with van der Waals surface area (Å²) in [5.41, 5.74) is 14.8. The van der Waals surface area contributed by atoms with Crippen LogP contribution in [0.4, 0.5) is 0 Å². The molecule has 1 aliphatic heterocycles. The maximum atomic E-state index is 13.4. The number of nitrogens with one attached hydrogen (secondary N) is 2. The van der Waals surface area contributed by atoms with Crippen LogP contribution in [0.2, 0.25) is 0 Å². The highest BCUT2D eigenvalue weighted by atomic mass is 32.2. The lowest BCUT2D eigenvalue weighted by molar-refractivity contribution is -0.161. The summed E-state index contributed by atoms with van der Waals surface area (Å²) in [5.74, 6) is 0.565. The van der Waals surface area contributed by atoms with Crippen LogP contribution in [-0.2, 0) is 30.7 Å². The Balaban J connectivity index is 2.03. The van der Waals surface area contributed by atoms with Gasteiger partial charge in [0, 0.05) is 19.8 Å². The average molecular weight is 612 g/mol. The fraction of sp³-hybridized carbons (Fsp3) is 0.733. The number of nitrogens with zero attached hydrogens (tertiary/aromatic N) is 1. The molecular formula is C30H53N5O6S. The molecule has 0 aromatic heterocycles. The lowest BCUT2D eigenvalue weighted by Gasteiger charge is -2.35. The smallest absolute Gasteiger partial charge is 0.264 e. The predicted molar refractivity (Wildman–Crippen MR) is 166 cm³/mol. The van der Waals surface area contributed by atoms with Crippen LogP contribution in [-0.4, -0.2) is 64.0 Å². The summed E-state index contributed by atoms with van der Waals surface area (Å²) >= 11 is 0. The molecule has 1 aliphatic rings. The molecule has 1 aromatic rings. The number of guanidine groups is 1. The van der Waals surface area contributed by atoms with Crippen LogP contribution in [0.3, 0.4) is 0 Å². The number of benzene rings is 1. The number of carbonyl (C=O) groups is 1. The van der Waals surface area contributed by atoms with Crippen molar-refractivity contribution in [2.24, 2.45) is 22.4 Å². The Kier molecular flexibility index (Phi) is 13.1. The standard InChI is InChI=1S/C30H53N5O6S/c1-10-39-28(40-11-2)24(17-18(3)4)34-27(36)23(31)13-12-16-33-29(32)35-42(37,38)26-20(6)19(5)25-22(21(26)7)14-15-30(8,9)41-25/h18,23-24,28H,10-17,31H2,1-9H3,(H,34,36)(H3,32,33,35)/t23-,24-/m0/s1. The normalized spacial score (nSPS) is 16.6. The van der Waals surface area contributed by atoms with Crippen molar-refractivity contribution in [2.75, 3.05) is 19.8 Å². The second-order valence-corrected chi connectivity index (χ2v) is 13.6. The molecule has 0 aliphatic carbocycles. The zero-order valence-electron chi connectivity index (χ0n) is 26.9. The molecule has 1 heterocycles. The fourth-order valence-electron chi connectivity index (χ4n) is 5.26. The van der Waals surface area contributed by atoms with Gasteiger partial charge in [0.25, 0.3) is 10.0 Å². The van der Waals surface area contributed by atoms with E-state index in [4.69, 9.17) is 25.7 Å². The molecule has 2 atom stereocenters. The zero-order valence-corrected chi connectivity index (χ0v) is 27.7. The molecule has 1 aromatic carbocycles. The van der Waals surface area contributed by atoms with E-state index in [-0.39, 0.29) is 34.9 Å². The summed E-state index contributed by atoms with van der Waals surface area (Å²) in [6.45, 7) is 18.5. The van der Waals surface area contributed by atoms with Crippen molar-refractivity contribution in [2.45, 2.75) is 123 Å². The lowest BCUT2D eigenvalue weighted by atomic mass is 9.88. The van der Waals surface area contributed by atoms with E-state index in [1.54, 1.807) is 13.8 Å². The number of sulfonamides is 1. The molecule has 1 amide bonds. The van der Waals surface area contributed by atoms with Gasteiger partial charge in [-0.25, -0.2) is 13.1 Å². The van der Waals surface area contributed by atoms with Crippen LogP contribution in [0.1, 0.15) is 89.5 Å². The number of nitrogens with two attached hydrogens (primary N) is 2. The molecule has 0 saturated heterocycles. The molecule has 0 unspecified atom stereocenters. The molecule has 11 nitrogen and oxygen atoms in total. The molecule has 0 saturated carbocycles. The number of hydrogen-bond donors (Lipinski definition) is 4. The van der Waals surface area contributed by atoms with E-state index in [9.17, 15) is 13.2 Å². The summed E-state index contributed by atoms with van der Waals surface area (Å²) < 4.78 is 46.9. The van der Waals surface area contributed by atoms with Gasteiger partial charge < -0.3 is 31.0 Å². The second kappa shape index (κ2) is 15.4. The number of rotatable bonds is 15. The van der Waals surface area contributed by atoms with Crippen LogP contribution < -0.4 is 26.2 Å². The highest BCUT2D eigenvalue weighted by Gasteiger charge is 2.34. The van der Waals surface area contributed by atoms with E-state index in [0.29, 0.717) is 49.5 Å². The fourth-order valence-corrected chi connectivity index (χ4v) is 6.78. The van der Waals surface area contributed by atoms with Gasteiger partial charge in [0.1, 0.15) is 11.4 Å². The molecule has 240 valence electrons. The van der Waals surface area contributed by atoms with E-state index in [0.717, 1.165) is 29.7 Å². The van der Waals surface area contributed by atoms with Crippen molar-refractivity contribution in [1.29, 1.82) is 0 Å². The molecule has 0 spiro atoms. The molecule has 0 bridgehead atoms. The van der Waals surface area contributed by atoms with Crippen molar-refractivity contribution < 1.29 is 27.4 Å². The average Bonchev–Trinajstić information content (AvgIpc) is 2.88. The van der Waals surface area contributed by atoms with Crippen molar-refractivity contribution in [3.63, 3.8) is 0 Å². The Hall–Kier alpha value is -2.41. The number of hydrogen-bond acceptors (Lipinski definition) is 8. The first-order valence-electron chi connectivity index (χ1n) is 15.0. The van der Waals surface area contributed by atoms with E-state index < -0.39 is 22.4 Å². The quantitative estimate of drug-likeness (QED) is 0.101. The summed E-state index contributed by atoms with van der Waals surface area (Å²) in [4.78, 5) is 17.2. The van der Waals surface area contributed by atoms with E-state index in [2.05, 4.69) is 28.9 Å². The summed E-state index contributed by atoms with van der Waals surface area (Å²) in [5, 5.41) is 2.98. The first-order chi connectivity index (χ1) is 19.5. The minimum atomic E-state index is -3.99. The predicted octanol–water partition coefficient (Wildman–Crippen LogP) is 3.35. The topological polar surface area (TPSA) is 167 Å². The van der Waals surface area contributed by atoms with Gasteiger partial charge in [-0.05, 0) is 109 Å². The maximum absolute atomic E-state index is 13.4. The molecule has 42 heavy (non-hydrogen) atoms. The first-order valence-corrected chi connectivity index (χ1v) is 16.5. The molecule has 0 radical (unpaired) electrons. The van der Waals surface area contributed by atoms with Gasteiger partial charge in [0.15, 0.2) is 6.29 Å². The lowest BCUT2D eigenvalue weighted by Crippen LogP contribution is -2.51. The highest BCUT2D eigenvalue weighted by Crippen LogP contribution is 2.42. The Morgan fingerprint density at radius 2 is 1.71 bits per heavy atom. The molecule has 2 rings (SSSR count). The largest absolute Gasteiger partial charge is 0.487 e. The van der Waals surface area contributed by atoms with Crippen molar-refractivity contribution in [1.82, 2.24) is 10.0 Å². The third-order valence-electron chi connectivity index (χ3n) is 7.51. The van der Waals surface area contributed by atoms with Gasteiger partial charge in [0.2, 0.25) is 11.9 Å². The molecule has 0 fully saturated rings. The number of amides is 1. The van der Waals surface area contributed by atoms with Gasteiger partial charge in [-0.1, -0.05) is 13.8 Å². The maximum Gasteiger partial charge on any atom is 0.264 e. The van der Waals surface area contributed by atoms with Crippen molar-refractivity contribution >= 4 is 21.9 Å². The minimum absolute atomic E-state index is 0.201. The summed E-state index contributed by atoms with van der Waals surface area (Å²) in [6.07, 6.45) is 2.42. The zero-order chi connectivity index (χ0) is 31.8. The van der Waals surface area contributed by atoms with Gasteiger partial charge in [-0.3, -0.25) is 9.79 Å². The van der Waals surface area contributed by atoms with E-state index >= 15 is 0 Å². The number of carbonyl (C=O) groups excluding carboxylic acids is 1. The molecular weight excluding hydrogens is 558 g/mol. The SMILES string of the molecule is CCOC(OCC)[C@H](CC(C)C)NC(=O)[C@@H](N)CCCN=C(N)NS(=O)(=O)c1c(C)c(C)c2c(c1C)CCC(C)(C)O2.